The van der Waals surface area contributed by atoms with Crippen LogP contribution in [0.3, 0.4) is 0 Å². The number of sulfone groups is 1. The van der Waals surface area contributed by atoms with Gasteiger partial charge in [-0.1, -0.05) is 25.0 Å². The van der Waals surface area contributed by atoms with Crippen LogP contribution in [-0.4, -0.2) is 70.6 Å². The number of hydrogen-bond acceptors (Lipinski definition) is 5. The van der Waals surface area contributed by atoms with Crippen molar-refractivity contribution in [1.29, 1.82) is 0 Å². The number of imidazole rings is 1. The average Bonchev–Trinajstić information content (AvgIpc) is 3.76. The second-order valence-electron chi connectivity index (χ2n) is 12.7. The van der Waals surface area contributed by atoms with Gasteiger partial charge in [0.25, 0.3) is 0 Å². The summed E-state index contributed by atoms with van der Waals surface area (Å²) in [6.07, 6.45) is 15.8. The van der Waals surface area contributed by atoms with Crippen molar-refractivity contribution in [2.45, 2.75) is 85.8 Å². The SMILES string of the molecule is CS(=O)(=O)c1ccc(-c2cn3cc(C4CCN(C5CC6CC7(CC8CC8)C(C5)N67)CC4)cc(F)c3n2)cc1. The van der Waals surface area contributed by atoms with E-state index in [1.807, 2.05) is 12.4 Å². The highest BCUT2D eigenvalue weighted by molar-refractivity contribution is 7.90. The van der Waals surface area contributed by atoms with Crippen LogP contribution in [0.15, 0.2) is 47.6 Å². The van der Waals surface area contributed by atoms with Crippen LogP contribution in [0, 0.1) is 11.7 Å². The molecule has 0 spiro atoms. The van der Waals surface area contributed by atoms with E-state index < -0.39 is 9.84 Å². The third-order valence-electron chi connectivity index (χ3n) is 10.4. The van der Waals surface area contributed by atoms with E-state index in [1.165, 1.54) is 44.8 Å². The number of fused-ring (bicyclic) bond motifs is 2. The predicted molar refractivity (Wildman–Crippen MR) is 144 cm³/mol. The van der Waals surface area contributed by atoms with E-state index in [-0.39, 0.29) is 10.7 Å². The maximum absolute atomic E-state index is 15.2. The quantitative estimate of drug-likeness (QED) is 0.422. The van der Waals surface area contributed by atoms with Crippen LogP contribution in [0.5, 0.6) is 0 Å². The molecule has 2 aromatic heterocycles. The molecule has 5 atom stereocenters. The summed E-state index contributed by atoms with van der Waals surface area (Å²) in [5, 5.41) is 0. The smallest absolute Gasteiger partial charge is 0.175 e. The minimum Gasteiger partial charge on any atom is -0.304 e. The molecule has 8 rings (SSSR count). The highest BCUT2D eigenvalue weighted by atomic mass is 32.2. The van der Waals surface area contributed by atoms with E-state index >= 15 is 4.39 Å². The molecule has 0 radical (unpaired) electrons. The third kappa shape index (κ3) is 3.70. The second-order valence-corrected chi connectivity index (χ2v) is 14.8. The van der Waals surface area contributed by atoms with Crippen LogP contribution in [0.25, 0.3) is 16.9 Å². The third-order valence-corrected chi connectivity index (χ3v) is 11.5. The van der Waals surface area contributed by atoms with E-state index in [9.17, 15) is 8.42 Å². The van der Waals surface area contributed by atoms with Crippen molar-refractivity contribution < 1.29 is 12.8 Å². The van der Waals surface area contributed by atoms with Crippen molar-refractivity contribution in [3.8, 4) is 11.3 Å². The highest BCUT2D eigenvalue weighted by Gasteiger charge is 2.75. The van der Waals surface area contributed by atoms with E-state index in [0.29, 0.717) is 22.8 Å². The van der Waals surface area contributed by atoms with Crippen molar-refractivity contribution in [1.82, 2.24) is 19.2 Å². The number of rotatable bonds is 6. The standard InChI is InChI=1S/C30H35FN4O2S/c1-38(36,37)25-6-4-21(5-7-25)27-18-34-17-22(12-26(31)29(34)32-27)20-8-10-33(11-9-20)23-13-24-16-30(15-19-2-3-19)28(14-23)35(24)30/h4-7,12,17-20,23-24,28H,2-3,8-11,13-16H2,1H3. The van der Waals surface area contributed by atoms with Gasteiger partial charge in [0.15, 0.2) is 21.3 Å². The number of hydrogen-bond donors (Lipinski definition) is 0. The van der Waals surface area contributed by atoms with Gasteiger partial charge in [0.05, 0.1) is 10.6 Å². The van der Waals surface area contributed by atoms with Gasteiger partial charge in [-0.05, 0) is 87.2 Å². The minimum atomic E-state index is -3.26. The van der Waals surface area contributed by atoms with Crippen molar-refractivity contribution in [2.24, 2.45) is 5.92 Å². The lowest BCUT2D eigenvalue weighted by Gasteiger charge is -2.43. The molecule has 6 nitrogen and oxygen atoms in total. The lowest BCUT2D eigenvalue weighted by Crippen LogP contribution is -2.49. The first-order chi connectivity index (χ1) is 18.3. The van der Waals surface area contributed by atoms with E-state index in [1.54, 1.807) is 34.7 Å². The highest BCUT2D eigenvalue weighted by Crippen LogP contribution is 2.67. The molecule has 5 fully saturated rings. The van der Waals surface area contributed by atoms with Gasteiger partial charge < -0.3 is 9.30 Å². The van der Waals surface area contributed by atoms with Gasteiger partial charge >= 0.3 is 0 Å². The van der Waals surface area contributed by atoms with Gasteiger partial charge in [0, 0.05) is 47.9 Å². The summed E-state index contributed by atoms with van der Waals surface area (Å²) in [7, 11) is -3.26. The van der Waals surface area contributed by atoms with Crippen LogP contribution in [0.4, 0.5) is 4.39 Å². The number of piperidine rings is 2. The first kappa shape index (κ1) is 23.6. The molecule has 200 valence electrons. The molecule has 8 heteroatoms. The summed E-state index contributed by atoms with van der Waals surface area (Å²) < 4.78 is 40.5. The van der Waals surface area contributed by atoms with E-state index in [0.717, 1.165) is 61.1 Å². The summed E-state index contributed by atoms with van der Waals surface area (Å²) in [5.41, 5.74) is 3.39. The average molecular weight is 535 g/mol. The fourth-order valence-electron chi connectivity index (χ4n) is 8.27. The maximum atomic E-state index is 15.2. The van der Waals surface area contributed by atoms with Crippen molar-refractivity contribution in [3.05, 3.63) is 54.1 Å². The first-order valence-corrected chi connectivity index (χ1v) is 16.2. The molecule has 5 unspecified atom stereocenters. The van der Waals surface area contributed by atoms with Gasteiger partial charge in [-0.2, -0.15) is 0 Å². The molecule has 0 bridgehead atoms. The van der Waals surface area contributed by atoms with Gasteiger partial charge in [-0.25, -0.2) is 17.8 Å². The Kier molecular flexibility index (Phi) is 5.04. The van der Waals surface area contributed by atoms with Crippen LogP contribution in [0.2, 0.25) is 0 Å². The van der Waals surface area contributed by atoms with E-state index in [4.69, 9.17) is 0 Å². The normalized spacial score (nSPS) is 33.2. The van der Waals surface area contributed by atoms with Crippen molar-refractivity contribution >= 4 is 15.5 Å². The molecule has 3 aromatic rings. The number of likely N-dealkylation sites (tertiary alicyclic amines) is 1. The number of pyridine rings is 1. The fourth-order valence-corrected chi connectivity index (χ4v) is 8.90. The fraction of sp³-hybridized carbons (Fsp3) is 0.567. The molecule has 0 amide bonds. The Morgan fingerprint density at radius 1 is 1.03 bits per heavy atom. The van der Waals surface area contributed by atoms with Gasteiger partial charge in [-0.15, -0.1) is 0 Å². The largest absolute Gasteiger partial charge is 0.304 e. The lowest BCUT2D eigenvalue weighted by molar-refractivity contribution is 0.0641. The minimum absolute atomic E-state index is 0.266. The Labute approximate surface area is 223 Å². The zero-order chi connectivity index (χ0) is 25.8. The number of benzene rings is 1. The molecule has 4 aliphatic heterocycles. The molecule has 0 N–H and O–H groups in total. The summed E-state index contributed by atoms with van der Waals surface area (Å²) in [4.78, 5) is 10.4. The summed E-state index contributed by atoms with van der Waals surface area (Å²) >= 11 is 0. The predicted octanol–water partition coefficient (Wildman–Crippen LogP) is 4.88. The Bertz CT molecular complexity index is 1520. The molecule has 1 aromatic carbocycles. The van der Waals surface area contributed by atoms with Gasteiger partial charge in [0.1, 0.15) is 0 Å². The zero-order valence-corrected chi connectivity index (χ0v) is 22.7. The van der Waals surface area contributed by atoms with Crippen molar-refractivity contribution in [2.75, 3.05) is 19.3 Å². The molecule has 1 saturated carbocycles. The molecule has 38 heavy (non-hydrogen) atoms. The van der Waals surface area contributed by atoms with Crippen molar-refractivity contribution in [3.63, 3.8) is 0 Å². The number of aromatic nitrogens is 2. The molecule has 1 aliphatic carbocycles. The van der Waals surface area contributed by atoms with Gasteiger partial charge in [-0.3, -0.25) is 4.90 Å². The number of nitrogens with zero attached hydrogens (tertiary/aromatic N) is 4. The van der Waals surface area contributed by atoms with Gasteiger partial charge in [0.2, 0.25) is 0 Å². The van der Waals surface area contributed by atoms with Crippen LogP contribution < -0.4 is 0 Å². The topological polar surface area (TPSA) is 57.7 Å². The monoisotopic (exact) mass is 534 g/mol. The summed E-state index contributed by atoms with van der Waals surface area (Å²) in [6.45, 7) is 2.21. The zero-order valence-electron chi connectivity index (χ0n) is 21.9. The van der Waals surface area contributed by atoms with Crippen LogP contribution >= 0.6 is 0 Å². The van der Waals surface area contributed by atoms with Crippen LogP contribution in [0.1, 0.15) is 62.8 Å². The number of halogens is 1. The molecule has 4 saturated heterocycles. The van der Waals surface area contributed by atoms with E-state index in [2.05, 4.69) is 14.8 Å². The lowest BCUT2D eigenvalue weighted by atomic mass is 9.86. The summed E-state index contributed by atoms with van der Waals surface area (Å²) in [6, 6.07) is 10.7. The first-order valence-electron chi connectivity index (χ1n) is 14.3. The Morgan fingerprint density at radius 2 is 1.79 bits per heavy atom. The molecular formula is C30H35FN4O2S. The van der Waals surface area contributed by atoms with Crippen LogP contribution in [-0.2, 0) is 9.84 Å². The Balaban J connectivity index is 0.951. The maximum Gasteiger partial charge on any atom is 0.175 e. The molecular weight excluding hydrogens is 499 g/mol. The Morgan fingerprint density at radius 3 is 2.50 bits per heavy atom. The molecule has 5 aliphatic rings. The second kappa shape index (κ2) is 8.12. The summed E-state index contributed by atoms with van der Waals surface area (Å²) in [5.74, 6) is 1.09. The Hall–Kier alpha value is -2.29. The molecule has 6 heterocycles.